The molecule has 4 nitrogen and oxygen atoms in total. The van der Waals surface area contributed by atoms with Gasteiger partial charge in [0.1, 0.15) is 11.6 Å². The summed E-state index contributed by atoms with van der Waals surface area (Å²) in [7, 11) is 0. The average Bonchev–Trinajstić information content (AvgIpc) is 2.68. The Bertz CT molecular complexity index is 545. The number of nitrogens with zero attached hydrogens (tertiary/aromatic N) is 2. The molecular formula is C14H19N3O. The highest BCUT2D eigenvalue weighted by molar-refractivity contribution is 5.78. The van der Waals surface area contributed by atoms with E-state index in [1.807, 2.05) is 31.2 Å². The van der Waals surface area contributed by atoms with Gasteiger partial charge in [-0.2, -0.15) is 0 Å². The molecule has 0 aliphatic carbocycles. The first-order valence-electron chi connectivity index (χ1n) is 6.23. The molecule has 0 radical (unpaired) electrons. The molecular weight excluding hydrogens is 226 g/mol. The van der Waals surface area contributed by atoms with Crippen LogP contribution in [0, 0.1) is 0 Å². The van der Waals surface area contributed by atoms with Crippen molar-refractivity contribution in [2.24, 2.45) is 5.73 Å². The Labute approximate surface area is 107 Å². The molecule has 1 heterocycles. The molecule has 0 saturated heterocycles. The van der Waals surface area contributed by atoms with Gasteiger partial charge < -0.3 is 15.0 Å². The topological polar surface area (TPSA) is 53.1 Å². The predicted molar refractivity (Wildman–Crippen MR) is 73.9 cm³/mol. The molecule has 0 aliphatic rings. The molecule has 0 bridgehead atoms. The summed E-state index contributed by atoms with van der Waals surface area (Å²) in [5, 5.41) is 0. The quantitative estimate of drug-likeness (QED) is 0.793. The van der Waals surface area contributed by atoms with Crippen molar-refractivity contribution in [3.05, 3.63) is 36.7 Å². The third-order valence-corrected chi connectivity index (χ3v) is 2.79. The number of imidazole rings is 1. The number of hydrogen-bond acceptors (Lipinski definition) is 3. The van der Waals surface area contributed by atoms with Gasteiger partial charge in [-0.15, -0.1) is 6.58 Å². The van der Waals surface area contributed by atoms with Gasteiger partial charge in [-0.3, -0.25) is 0 Å². The maximum Gasteiger partial charge on any atom is 0.121 e. The first-order chi connectivity index (χ1) is 8.80. The minimum atomic E-state index is 0.596. The van der Waals surface area contributed by atoms with Crippen molar-refractivity contribution < 1.29 is 4.74 Å². The van der Waals surface area contributed by atoms with E-state index in [9.17, 15) is 0 Å². The molecule has 96 valence electrons. The van der Waals surface area contributed by atoms with E-state index in [-0.39, 0.29) is 0 Å². The normalized spacial score (nSPS) is 10.8. The van der Waals surface area contributed by atoms with Crippen LogP contribution in [0.1, 0.15) is 12.7 Å². The first-order valence-corrected chi connectivity index (χ1v) is 6.23. The molecule has 2 aromatic rings. The van der Waals surface area contributed by atoms with Gasteiger partial charge in [0.25, 0.3) is 0 Å². The Kier molecular flexibility index (Phi) is 3.99. The van der Waals surface area contributed by atoms with E-state index < -0.39 is 0 Å². The fourth-order valence-corrected chi connectivity index (χ4v) is 2.07. The van der Waals surface area contributed by atoms with Gasteiger partial charge in [0.15, 0.2) is 0 Å². The SMILES string of the molecule is C=CCn1c(CCN)nc2cc(OCC)ccc21. The number of benzene rings is 1. The lowest BCUT2D eigenvalue weighted by molar-refractivity contribution is 0.340. The number of ether oxygens (including phenoxy) is 1. The van der Waals surface area contributed by atoms with Crippen molar-refractivity contribution in [1.82, 2.24) is 9.55 Å². The molecule has 0 fully saturated rings. The van der Waals surface area contributed by atoms with E-state index in [0.717, 1.165) is 35.6 Å². The van der Waals surface area contributed by atoms with E-state index in [0.29, 0.717) is 13.2 Å². The molecule has 2 rings (SSSR count). The molecule has 1 aromatic heterocycles. The van der Waals surface area contributed by atoms with E-state index in [1.54, 1.807) is 0 Å². The zero-order chi connectivity index (χ0) is 13.0. The highest BCUT2D eigenvalue weighted by Crippen LogP contribution is 2.22. The fraction of sp³-hybridized carbons (Fsp3) is 0.357. The van der Waals surface area contributed by atoms with Crippen molar-refractivity contribution in [2.45, 2.75) is 19.9 Å². The summed E-state index contributed by atoms with van der Waals surface area (Å²) >= 11 is 0. The third-order valence-electron chi connectivity index (χ3n) is 2.79. The average molecular weight is 245 g/mol. The predicted octanol–water partition coefficient (Wildman–Crippen LogP) is 2.12. The first kappa shape index (κ1) is 12.6. The summed E-state index contributed by atoms with van der Waals surface area (Å²) in [5.41, 5.74) is 7.67. The summed E-state index contributed by atoms with van der Waals surface area (Å²) in [5.74, 6) is 1.86. The number of nitrogens with two attached hydrogens (primary N) is 1. The lowest BCUT2D eigenvalue weighted by Gasteiger charge is -2.05. The maximum atomic E-state index is 5.62. The molecule has 18 heavy (non-hydrogen) atoms. The molecule has 0 amide bonds. The van der Waals surface area contributed by atoms with Crippen LogP contribution in [0.2, 0.25) is 0 Å². The van der Waals surface area contributed by atoms with Crippen LogP contribution in [0.5, 0.6) is 5.75 Å². The second-order valence-electron chi connectivity index (χ2n) is 4.05. The summed E-state index contributed by atoms with van der Waals surface area (Å²) < 4.78 is 7.63. The number of hydrogen-bond donors (Lipinski definition) is 1. The second kappa shape index (κ2) is 5.69. The van der Waals surface area contributed by atoms with Gasteiger partial charge in [-0.25, -0.2) is 4.98 Å². The zero-order valence-corrected chi connectivity index (χ0v) is 10.7. The molecule has 0 atom stereocenters. The molecule has 0 aliphatic heterocycles. The van der Waals surface area contributed by atoms with Crippen molar-refractivity contribution in [1.29, 1.82) is 0 Å². The van der Waals surface area contributed by atoms with Gasteiger partial charge in [0, 0.05) is 19.0 Å². The number of fused-ring (bicyclic) bond motifs is 1. The Balaban J connectivity index is 2.49. The highest BCUT2D eigenvalue weighted by atomic mass is 16.5. The monoisotopic (exact) mass is 245 g/mol. The van der Waals surface area contributed by atoms with E-state index in [2.05, 4.69) is 16.1 Å². The van der Waals surface area contributed by atoms with Crippen molar-refractivity contribution in [3.63, 3.8) is 0 Å². The molecule has 2 N–H and O–H groups in total. The molecule has 1 aromatic carbocycles. The number of allylic oxidation sites excluding steroid dienone is 1. The Hall–Kier alpha value is -1.81. The lowest BCUT2D eigenvalue weighted by Crippen LogP contribution is -2.09. The summed E-state index contributed by atoms with van der Waals surface area (Å²) in [6.07, 6.45) is 2.64. The van der Waals surface area contributed by atoms with E-state index >= 15 is 0 Å². The Morgan fingerprint density at radius 1 is 1.50 bits per heavy atom. The van der Waals surface area contributed by atoms with Crippen LogP contribution >= 0.6 is 0 Å². The Morgan fingerprint density at radius 3 is 3.00 bits per heavy atom. The molecule has 0 unspecified atom stereocenters. The standard InChI is InChI=1S/C14H19N3O/c1-3-9-17-13-6-5-11(18-4-2)10-12(13)16-14(17)7-8-15/h3,5-6,10H,1,4,7-9,15H2,2H3. The van der Waals surface area contributed by atoms with Crippen molar-refractivity contribution in [2.75, 3.05) is 13.2 Å². The van der Waals surface area contributed by atoms with E-state index in [1.165, 1.54) is 0 Å². The number of rotatable bonds is 6. The molecule has 0 spiro atoms. The van der Waals surface area contributed by atoms with Gasteiger partial charge in [-0.1, -0.05) is 6.08 Å². The summed E-state index contributed by atoms with van der Waals surface area (Å²) in [6.45, 7) is 7.77. The van der Waals surface area contributed by atoms with Crippen LogP contribution in [-0.2, 0) is 13.0 Å². The summed E-state index contributed by atoms with van der Waals surface area (Å²) in [4.78, 5) is 4.62. The lowest BCUT2D eigenvalue weighted by atomic mass is 10.3. The number of aromatic nitrogens is 2. The van der Waals surface area contributed by atoms with Crippen molar-refractivity contribution >= 4 is 11.0 Å². The minimum Gasteiger partial charge on any atom is -0.494 e. The van der Waals surface area contributed by atoms with Gasteiger partial charge in [0.05, 0.1) is 17.6 Å². The van der Waals surface area contributed by atoms with Crippen LogP contribution in [0.3, 0.4) is 0 Å². The van der Waals surface area contributed by atoms with Crippen molar-refractivity contribution in [3.8, 4) is 5.75 Å². The van der Waals surface area contributed by atoms with Crippen LogP contribution in [0.15, 0.2) is 30.9 Å². The van der Waals surface area contributed by atoms with Gasteiger partial charge in [0.2, 0.25) is 0 Å². The van der Waals surface area contributed by atoms with Gasteiger partial charge in [-0.05, 0) is 25.6 Å². The molecule has 0 saturated carbocycles. The van der Waals surface area contributed by atoms with Gasteiger partial charge >= 0.3 is 0 Å². The maximum absolute atomic E-state index is 5.62. The van der Waals surface area contributed by atoms with E-state index in [4.69, 9.17) is 10.5 Å². The minimum absolute atomic E-state index is 0.596. The van der Waals surface area contributed by atoms with Crippen LogP contribution in [0.25, 0.3) is 11.0 Å². The van der Waals surface area contributed by atoms with Crippen LogP contribution in [-0.4, -0.2) is 22.7 Å². The second-order valence-corrected chi connectivity index (χ2v) is 4.05. The summed E-state index contributed by atoms with van der Waals surface area (Å²) in [6, 6.07) is 5.98. The molecule has 4 heteroatoms. The fourth-order valence-electron chi connectivity index (χ4n) is 2.07. The van der Waals surface area contributed by atoms with Crippen LogP contribution in [0.4, 0.5) is 0 Å². The highest BCUT2D eigenvalue weighted by Gasteiger charge is 2.09. The van der Waals surface area contributed by atoms with Crippen LogP contribution < -0.4 is 10.5 Å². The Morgan fingerprint density at radius 2 is 2.33 bits per heavy atom. The smallest absolute Gasteiger partial charge is 0.121 e. The largest absolute Gasteiger partial charge is 0.494 e. The third kappa shape index (κ3) is 2.38. The zero-order valence-electron chi connectivity index (χ0n) is 10.7.